The van der Waals surface area contributed by atoms with E-state index in [0.717, 1.165) is 0 Å². The van der Waals surface area contributed by atoms with Crippen molar-refractivity contribution in [3.8, 4) is 11.5 Å². The minimum atomic E-state index is -0.582. The van der Waals surface area contributed by atoms with Gasteiger partial charge in [0.05, 0.1) is 19.9 Å². The molecule has 1 heterocycles. The average molecular weight is 403 g/mol. The summed E-state index contributed by atoms with van der Waals surface area (Å²) in [5, 5.41) is 2.97. The topological polar surface area (TPSA) is 67.9 Å². The molecule has 2 aromatic carbocycles. The zero-order chi connectivity index (χ0) is 19.6. The van der Waals surface area contributed by atoms with E-state index in [1.807, 2.05) is 0 Å². The zero-order valence-corrected chi connectivity index (χ0v) is 16.1. The number of halogens is 1. The van der Waals surface area contributed by atoms with E-state index in [9.17, 15) is 9.59 Å². The quantitative estimate of drug-likeness (QED) is 0.483. The number of carbonyl (C=O) groups is 2. The third-order valence-corrected chi connectivity index (χ3v) is 4.43. The Balaban J connectivity index is 2.04. The summed E-state index contributed by atoms with van der Waals surface area (Å²) in [5.41, 5.74) is 0.938. The number of nitrogens with one attached hydrogen (secondary N) is 1. The van der Waals surface area contributed by atoms with Crippen molar-refractivity contribution in [2.45, 2.75) is 0 Å². The molecule has 1 saturated heterocycles. The number of carbonyl (C=O) groups excluding carboxylic acids is 2. The van der Waals surface area contributed by atoms with E-state index in [1.165, 1.54) is 25.2 Å². The number of rotatable bonds is 4. The second-order valence-corrected chi connectivity index (χ2v) is 6.37. The second-order valence-electron chi connectivity index (χ2n) is 5.55. The lowest BCUT2D eigenvalue weighted by molar-refractivity contribution is -0.122. The number of amides is 2. The molecule has 138 valence electrons. The van der Waals surface area contributed by atoms with Crippen LogP contribution in [0.25, 0.3) is 6.08 Å². The number of nitrogens with zero attached hydrogens (tertiary/aromatic N) is 1. The Morgan fingerprint density at radius 1 is 1.11 bits per heavy atom. The third kappa shape index (κ3) is 3.79. The maximum atomic E-state index is 13.0. The monoisotopic (exact) mass is 402 g/mol. The van der Waals surface area contributed by atoms with Gasteiger partial charge in [-0.25, -0.2) is 0 Å². The van der Waals surface area contributed by atoms with Crippen LogP contribution in [0.4, 0.5) is 5.69 Å². The van der Waals surface area contributed by atoms with Crippen LogP contribution >= 0.6 is 23.8 Å². The zero-order valence-electron chi connectivity index (χ0n) is 14.5. The summed E-state index contributed by atoms with van der Waals surface area (Å²) in [4.78, 5) is 26.6. The number of methoxy groups -OCH3 is 2. The summed E-state index contributed by atoms with van der Waals surface area (Å²) in [6.45, 7) is 0. The normalized spacial score (nSPS) is 15.7. The van der Waals surface area contributed by atoms with Crippen molar-refractivity contribution in [1.29, 1.82) is 0 Å². The van der Waals surface area contributed by atoms with Gasteiger partial charge in [-0.15, -0.1) is 0 Å². The summed E-state index contributed by atoms with van der Waals surface area (Å²) >= 11 is 11.2. The number of thiocarbonyl (C=S) groups is 1. The first kappa shape index (κ1) is 18.9. The van der Waals surface area contributed by atoms with Gasteiger partial charge in [-0.1, -0.05) is 17.7 Å². The first-order valence-corrected chi connectivity index (χ1v) is 8.62. The highest BCUT2D eigenvalue weighted by Gasteiger charge is 2.34. The van der Waals surface area contributed by atoms with E-state index < -0.39 is 11.8 Å². The Kier molecular flexibility index (Phi) is 5.43. The van der Waals surface area contributed by atoms with Crippen LogP contribution in [-0.4, -0.2) is 31.1 Å². The highest BCUT2D eigenvalue weighted by molar-refractivity contribution is 7.80. The summed E-state index contributed by atoms with van der Waals surface area (Å²) in [7, 11) is 3.03. The molecule has 1 fully saturated rings. The Morgan fingerprint density at radius 2 is 1.89 bits per heavy atom. The maximum Gasteiger partial charge on any atom is 0.270 e. The van der Waals surface area contributed by atoms with Crippen LogP contribution in [0.3, 0.4) is 0 Å². The van der Waals surface area contributed by atoms with Crippen molar-refractivity contribution < 1.29 is 19.1 Å². The van der Waals surface area contributed by atoms with Crippen molar-refractivity contribution in [3.05, 3.63) is 58.6 Å². The lowest BCUT2D eigenvalue weighted by Crippen LogP contribution is -2.54. The van der Waals surface area contributed by atoms with Gasteiger partial charge in [0.25, 0.3) is 11.8 Å². The van der Waals surface area contributed by atoms with Gasteiger partial charge in [0.2, 0.25) is 0 Å². The minimum absolute atomic E-state index is 0.00823. The Bertz CT molecular complexity index is 974. The molecule has 0 radical (unpaired) electrons. The van der Waals surface area contributed by atoms with E-state index in [4.69, 9.17) is 33.3 Å². The van der Waals surface area contributed by atoms with Gasteiger partial charge in [-0.3, -0.25) is 19.8 Å². The molecular formula is C19H15ClN2O4S. The van der Waals surface area contributed by atoms with Crippen LogP contribution in [0, 0.1) is 0 Å². The van der Waals surface area contributed by atoms with E-state index in [-0.39, 0.29) is 10.7 Å². The first-order valence-electron chi connectivity index (χ1n) is 7.83. The summed E-state index contributed by atoms with van der Waals surface area (Å²) in [5.74, 6) is -0.0786. The highest BCUT2D eigenvalue weighted by atomic mass is 35.5. The lowest BCUT2D eigenvalue weighted by atomic mass is 10.1. The molecule has 1 N–H and O–H groups in total. The van der Waals surface area contributed by atoms with Crippen molar-refractivity contribution >= 4 is 52.5 Å². The Hall–Kier alpha value is -2.90. The van der Waals surface area contributed by atoms with Crippen LogP contribution in [-0.2, 0) is 9.59 Å². The summed E-state index contributed by atoms with van der Waals surface area (Å²) < 4.78 is 10.5. The molecule has 0 spiro atoms. The molecule has 1 aliphatic rings. The number of hydrogen-bond donors (Lipinski definition) is 1. The molecule has 2 aromatic rings. The fraction of sp³-hybridized carbons (Fsp3) is 0.105. The molecule has 2 amide bonds. The van der Waals surface area contributed by atoms with Crippen molar-refractivity contribution in [1.82, 2.24) is 5.32 Å². The predicted molar refractivity (Wildman–Crippen MR) is 107 cm³/mol. The fourth-order valence-corrected chi connectivity index (χ4v) is 3.07. The number of benzene rings is 2. The molecule has 0 atom stereocenters. The molecular weight excluding hydrogens is 388 g/mol. The van der Waals surface area contributed by atoms with E-state index in [0.29, 0.717) is 27.8 Å². The van der Waals surface area contributed by atoms with E-state index >= 15 is 0 Å². The molecule has 0 unspecified atom stereocenters. The molecule has 3 rings (SSSR count). The largest absolute Gasteiger partial charge is 0.497 e. The molecule has 0 bridgehead atoms. The average Bonchev–Trinajstić information content (AvgIpc) is 2.65. The lowest BCUT2D eigenvalue weighted by Gasteiger charge is -2.29. The molecule has 0 saturated carbocycles. The Morgan fingerprint density at radius 3 is 2.56 bits per heavy atom. The standard InChI is InChI=1S/C19H15ClN2O4S/c1-25-14-7-6-11(16(10-14)26-2)8-15-17(23)21-19(27)22(18(15)24)13-5-3-4-12(20)9-13/h3-10H,1-2H3,(H,21,23,27). The van der Waals surface area contributed by atoms with Gasteiger partial charge in [0.15, 0.2) is 5.11 Å². The van der Waals surface area contributed by atoms with Gasteiger partial charge in [-0.05, 0) is 48.6 Å². The van der Waals surface area contributed by atoms with Gasteiger partial charge in [-0.2, -0.15) is 0 Å². The third-order valence-electron chi connectivity index (χ3n) is 3.91. The number of ether oxygens (including phenoxy) is 2. The van der Waals surface area contributed by atoms with Crippen LogP contribution < -0.4 is 19.7 Å². The fourth-order valence-electron chi connectivity index (χ4n) is 2.60. The van der Waals surface area contributed by atoms with E-state index in [2.05, 4.69) is 5.32 Å². The Labute approximate surface area is 166 Å². The molecule has 27 heavy (non-hydrogen) atoms. The smallest absolute Gasteiger partial charge is 0.270 e. The van der Waals surface area contributed by atoms with E-state index in [1.54, 1.807) is 42.5 Å². The van der Waals surface area contributed by atoms with Crippen molar-refractivity contribution in [3.63, 3.8) is 0 Å². The molecule has 0 aromatic heterocycles. The second kappa shape index (κ2) is 7.77. The molecule has 0 aliphatic carbocycles. The molecule has 1 aliphatic heterocycles. The number of anilines is 1. The molecule has 6 nitrogen and oxygen atoms in total. The first-order chi connectivity index (χ1) is 12.9. The van der Waals surface area contributed by atoms with Gasteiger partial charge >= 0.3 is 0 Å². The van der Waals surface area contributed by atoms with Crippen molar-refractivity contribution in [2.75, 3.05) is 19.1 Å². The summed E-state index contributed by atoms with van der Waals surface area (Å²) in [6, 6.07) is 11.7. The van der Waals surface area contributed by atoms with Crippen LogP contribution in [0.1, 0.15) is 5.56 Å². The highest BCUT2D eigenvalue weighted by Crippen LogP contribution is 2.29. The number of hydrogen-bond acceptors (Lipinski definition) is 5. The minimum Gasteiger partial charge on any atom is -0.497 e. The van der Waals surface area contributed by atoms with Gasteiger partial charge < -0.3 is 9.47 Å². The SMILES string of the molecule is COc1ccc(C=C2C(=O)NC(=S)N(c3cccc(Cl)c3)C2=O)c(OC)c1. The van der Waals surface area contributed by atoms with Gasteiger partial charge in [0, 0.05) is 16.7 Å². The van der Waals surface area contributed by atoms with Gasteiger partial charge in [0.1, 0.15) is 17.1 Å². The van der Waals surface area contributed by atoms with Crippen LogP contribution in [0.15, 0.2) is 48.0 Å². The molecule has 8 heteroatoms. The maximum absolute atomic E-state index is 13.0. The van der Waals surface area contributed by atoms with Crippen molar-refractivity contribution in [2.24, 2.45) is 0 Å². The predicted octanol–water partition coefficient (Wildman–Crippen LogP) is 3.19. The van der Waals surface area contributed by atoms with Crippen LogP contribution in [0.2, 0.25) is 5.02 Å². The summed E-state index contributed by atoms with van der Waals surface area (Å²) in [6.07, 6.45) is 1.45. The van der Waals surface area contributed by atoms with Crippen LogP contribution in [0.5, 0.6) is 11.5 Å².